The van der Waals surface area contributed by atoms with Gasteiger partial charge in [-0.15, -0.1) is 0 Å². The molecule has 1 aliphatic carbocycles. The Morgan fingerprint density at radius 2 is 2.08 bits per heavy atom. The quantitative estimate of drug-likeness (QED) is 0.483. The van der Waals surface area contributed by atoms with Crippen molar-refractivity contribution < 1.29 is 4.92 Å². The van der Waals surface area contributed by atoms with E-state index in [0.717, 1.165) is 41.6 Å². The highest BCUT2D eigenvalue weighted by Gasteiger charge is 2.46. The van der Waals surface area contributed by atoms with E-state index in [9.17, 15) is 10.1 Å². The second kappa shape index (κ2) is 7.99. The van der Waals surface area contributed by atoms with Gasteiger partial charge in [-0.05, 0) is 36.8 Å². The number of nitro groups is 1. The number of amidine groups is 1. The molecule has 1 aromatic carbocycles. The van der Waals surface area contributed by atoms with Gasteiger partial charge in [0.05, 0.1) is 16.1 Å². The van der Waals surface area contributed by atoms with Gasteiger partial charge in [0, 0.05) is 24.4 Å². The number of nitro benzene ring substituents is 1. The van der Waals surface area contributed by atoms with Crippen LogP contribution in [0.3, 0.4) is 0 Å². The van der Waals surface area contributed by atoms with Crippen molar-refractivity contribution in [2.24, 2.45) is 10.9 Å². The number of thioether (sulfide) groups is 1. The Labute approximate surface area is 160 Å². The maximum absolute atomic E-state index is 11.1. The van der Waals surface area contributed by atoms with Crippen LogP contribution in [0.25, 0.3) is 0 Å². The van der Waals surface area contributed by atoms with Gasteiger partial charge in [0.1, 0.15) is 0 Å². The standard InChI is InChI=1S/C20H29N3O2S/c1-4-7-16-12-17(23(24)25)8-9-18(16)21-19-22(13-15(2)3)20(14-26-19)10-5-6-11-20/h8-9,12,15H,4-7,10-11,13-14H2,1-3H3/b21-19+. The average molecular weight is 376 g/mol. The van der Waals surface area contributed by atoms with Gasteiger partial charge in [-0.2, -0.15) is 0 Å². The van der Waals surface area contributed by atoms with Gasteiger partial charge < -0.3 is 4.90 Å². The minimum atomic E-state index is -0.320. The largest absolute Gasteiger partial charge is 0.344 e. The number of non-ortho nitro benzene ring substituents is 1. The summed E-state index contributed by atoms with van der Waals surface area (Å²) in [6.07, 6.45) is 6.89. The number of rotatable bonds is 6. The van der Waals surface area contributed by atoms with Crippen molar-refractivity contribution in [3.05, 3.63) is 33.9 Å². The predicted molar refractivity (Wildman–Crippen MR) is 109 cm³/mol. The maximum Gasteiger partial charge on any atom is 0.269 e. The number of benzene rings is 1. The van der Waals surface area contributed by atoms with Gasteiger partial charge in [0.15, 0.2) is 5.17 Å². The number of hydrogen-bond donors (Lipinski definition) is 0. The van der Waals surface area contributed by atoms with Crippen LogP contribution in [0.5, 0.6) is 0 Å². The fourth-order valence-electron chi connectivity index (χ4n) is 4.10. The molecule has 3 rings (SSSR count). The van der Waals surface area contributed by atoms with Crippen molar-refractivity contribution in [1.82, 2.24) is 4.90 Å². The number of aryl methyl sites for hydroxylation is 1. The van der Waals surface area contributed by atoms with E-state index in [1.54, 1.807) is 12.1 Å². The Bertz CT molecular complexity index is 696. The highest BCUT2D eigenvalue weighted by atomic mass is 32.2. The van der Waals surface area contributed by atoms with Crippen molar-refractivity contribution in [3.63, 3.8) is 0 Å². The van der Waals surface area contributed by atoms with Gasteiger partial charge in [-0.1, -0.05) is 51.8 Å². The van der Waals surface area contributed by atoms with Crippen LogP contribution in [0.1, 0.15) is 58.4 Å². The molecule has 0 unspecified atom stereocenters. The summed E-state index contributed by atoms with van der Waals surface area (Å²) in [6.45, 7) is 7.65. The second-order valence-corrected chi connectivity index (χ2v) is 8.88. The van der Waals surface area contributed by atoms with Crippen molar-refractivity contribution in [2.45, 2.75) is 64.8 Å². The molecule has 1 aromatic rings. The van der Waals surface area contributed by atoms with E-state index in [0.29, 0.717) is 5.92 Å². The van der Waals surface area contributed by atoms with Crippen LogP contribution in [-0.4, -0.2) is 32.8 Å². The normalized spacial score (nSPS) is 20.6. The summed E-state index contributed by atoms with van der Waals surface area (Å²) >= 11 is 1.86. The summed E-state index contributed by atoms with van der Waals surface area (Å²) in [6, 6.07) is 5.10. The monoisotopic (exact) mass is 375 g/mol. The molecular formula is C20H29N3O2S. The zero-order chi connectivity index (χ0) is 18.7. The zero-order valence-electron chi connectivity index (χ0n) is 16.0. The molecule has 1 heterocycles. The average Bonchev–Trinajstić information content (AvgIpc) is 3.19. The van der Waals surface area contributed by atoms with Gasteiger partial charge in [0.2, 0.25) is 0 Å². The zero-order valence-corrected chi connectivity index (χ0v) is 16.8. The molecule has 0 N–H and O–H groups in total. The third-order valence-corrected chi connectivity index (χ3v) is 6.62. The van der Waals surface area contributed by atoms with Crippen LogP contribution in [-0.2, 0) is 6.42 Å². The van der Waals surface area contributed by atoms with E-state index in [4.69, 9.17) is 4.99 Å². The predicted octanol–water partition coefficient (Wildman–Crippen LogP) is 5.55. The Balaban J connectivity index is 1.96. The van der Waals surface area contributed by atoms with Crippen LogP contribution < -0.4 is 0 Å². The highest BCUT2D eigenvalue weighted by Crippen LogP contribution is 2.45. The third kappa shape index (κ3) is 3.90. The third-order valence-electron chi connectivity index (χ3n) is 5.36. The smallest absolute Gasteiger partial charge is 0.269 e. The summed E-state index contributed by atoms with van der Waals surface area (Å²) in [5.74, 6) is 1.71. The molecule has 142 valence electrons. The number of aliphatic imine (C=N–C) groups is 1. The lowest BCUT2D eigenvalue weighted by Crippen LogP contribution is -2.46. The summed E-state index contributed by atoms with van der Waals surface area (Å²) < 4.78 is 0. The Hall–Kier alpha value is -1.56. The lowest BCUT2D eigenvalue weighted by molar-refractivity contribution is -0.384. The van der Waals surface area contributed by atoms with Crippen LogP contribution in [0.2, 0.25) is 0 Å². The first-order chi connectivity index (χ1) is 12.4. The summed E-state index contributed by atoms with van der Waals surface area (Å²) in [5.41, 5.74) is 2.30. The molecule has 0 bridgehead atoms. The fourth-order valence-corrected chi connectivity index (χ4v) is 5.53. The molecular weight excluding hydrogens is 346 g/mol. The lowest BCUT2D eigenvalue weighted by atomic mass is 9.97. The van der Waals surface area contributed by atoms with Crippen molar-refractivity contribution >= 4 is 28.3 Å². The van der Waals surface area contributed by atoms with Gasteiger partial charge >= 0.3 is 0 Å². The molecule has 1 saturated carbocycles. The van der Waals surface area contributed by atoms with Crippen LogP contribution >= 0.6 is 11.8 Å². The number of hydrogen-bond acceptors (Lipinski definition) is 4. The van der Waals surface area contributed by atoms with E-state index < -0.39 is 0 Å². The molecule has 2 aliphatic rings. The van der Waals surface area contributed by atoms with Crippen LogP contribution in [0.4, 0.5) is 11.4 Å². The van der Waals surface area contributed by atoms with Crippen molar-refractivity contribution in [2.75, 3.05) is 12.3 Å². The minimum Gasteiger partial charge on any atom is -0.344 e. The molecule has 6 heteroatoms. The molecule has 0 aromatic heterocycles. The van der Waals surface area contributed by atoms with E-state index in [1.807, 2.05) is 17.8 Å². The molecule has 5 nitrogen and oxygen atoms in total. The van der Waals surface area contributed by atoms with Crippen molar-refractivity contribution in [1.29, 1.82) is 0 Å². The maximum atomic E-state index is 11.1. The van der Waals surface area contributed by atoms with Crippen molar-refractivity contribution in [3.8, 4) is 0 Å². The Kier molecular flexibility index (Phi) is 5.90. The summed E-state index contributed by atoms with van der Waals surface area (Å²) in [7, 11) is 0. The topological polar surface area (TPSA) is 58.7 Å². The second-order valence-electron chi connectivity index (χ2n) is 7.94. The Morgan fingerprint density at radius 3 is 2.69 bits per heavy atom. The first-order valence-electron chi connectivity index (χ1n) is 9.71. The van der Waals surface area contributed by atoms with E-state index in [-0.39, 0.29) is 16.1 Å². The first-order valence-corrected chi connectivity index (χ1v) is 10.7. The SMILES string of the molecule is CCCc1cc([N+](=O)[O-])ccc1/N=C1/SCC2(CCCC2)N1CC(C)C. The molecule has 1 saturated heterocycles. The molecule has 0 radical (unpaired) electrons. The lowest BCUT2D eigenvalue weighted by Gasteiger charge is -2.37. The molecule has 1 spiro atoms. The van der Waals surface area contributed by atoms with Gasteiger partial charge in [0.25, 0.3) is 5.69 Å². The summed E-state index contributed by atoms with van der Waals surface area (Å²) in [5, 5.41) is 12.2. The van der Waals surface area contributed by atoms with Gasteiger partial charge in [-0.25, -0.2) is 4.99 Å². The Morgan fingerprint density at radius 1 is 1.35 bits per heavy atom. The van der Waals surface area contributed by atoms with E-state index >= 15 is 0 Å². The van der Waals surface area contributed by atoms with E-state index in [2.05, 4.69) is 25.7 Å². The first kappa shape index (κ1) is 19.2. The molecule has 26 heavy (non-hydrogen) atoms. The van der Waals surface area contributed by atoms with Gasteiger partial charge in [-0.3, -0.25) is 10.1 Å². The molecule has 1 aliphatic heterocycles. The minimum absolute atomic E-state index is 0.155. The summed E-state index contributed by atoms with van der Waals surface area (Å²) in [4.78, 5) is 18.4. The highest BCUT2D eigenvalue weighted by molar-refractivity contribution is 8.14. The molecule has 2 fully saturated rings. The van der Waals surface area contributed by atoms with E-state index in [1.165, 1.54) is 25.7 Å². The number of nitrogens with zero attached hydrogens (tertiary/aromatic N) is 3. The fraction of sp³-hybridized carbons (Fsp3) is 0.650. The van der Waals surface area contributed by atoms with Crippen LogP contribution in [0, 0.1) is 16.0 Å². The molecule has 0 atom stereocenters. The van der Waals surface area contributed by atoms with Crippen LogP contribution in [0.15, 0.2) is 23.2 Å². The molecule has 0 amide bonds.